The fraction of sp³-hybridized carbons (Fsp3) is 0.263. The molecule has 2 aromatic carbocycles. The van der Waals surface area contributed by atoms with Crippen LogP contribution in [0.3, 0.4) is 0 Å². The Kier molecular flexibility index (Phi) is 4.04. The number of rotatable bonds is 3. The van der Waals surface area contributed by atoms with Crippen LogP contribution in [-0.2, 0) is 9.53 Å². The molecule has 4 rings (SSSR count). The molecular weight excluding hydrogens is 320 g/mol. The molecule has 2 heterocycles. The van der Waals surface area contributed by atoms with Crippen molar-refractivity contribution < 1.29 is 9.53 Å². The lowest BCUT2D eigenvalue weighted by Gasteiger charge is -2.09. The Morgan fingerprint density at radius 1 is 1.25 bits per heavy atom. The molecule has 1 aliphatic heterocycles. The predicted molar refractivity (Wildman–Crippen MR) is 97.3 cm³/mol. The average Bonchev–Trinajstić information content (AvgIpc) is 3.24. The van der Waals surface area contributed by atoms with Crippen molar-refractivity contribution in [2.24, 2.45) is 5.92 Å². The first-order chi connectivity index (χ1) is 11.7. The fourth-order valence-corrected chi connectivity index (χ4v) is 3.91. The Bertz CT molecular complexity index is 880. The van der Waals surface area contributed by atoms with Gasteiger partial charge in [0, 0.05) is 17.9 Å². The number of hydrogen-bond acceptors (Lipinski definition) is 4. The van der Waals surface area contributed by atoms with E-state index in [1.807, 2.05) is 24.3 Å². The van der Waals surface area contributed by atoms with Crippen LogP contribution in [0.15, 0.2) is 42.5 Å². The number of amides is 1. The molecule has 1 aliphatic rings. The van der Waals surface area contributed by atoms with Gasteiger partial charge < -0.3 is 10.1 Å². The Morgan fingerprint density at radius 3 is 2.83 bits per heavy atom. The normalized spacial score (nSPS) is 17.3. The van der Waals surface area contributed by atoms with Gasteiger partial charge in [-0.25, -0.2) is 4.98 Å². The number of nitrogens with zero attached hydrogens (tertiary/aromatic N) is 1. The molecule has 1 amide bonds. The van der Waals surface area contributed by atoms with E-state index in [0.717, 1.165) is 28.2 Å². The fourth-order valence-electron chi connectivity index (χ4n) is 2.84. The first-order valence-corrected chi connectivity index (χ1v) is 8.87. The molecule has 0 bridgehead atoms. The SMILES string of the molecule is Cc1ccc2nc(-c3ccc(NC(=O)C4CCOC4)cc3)sc2c1. The number of benzene rings is 2. The number of ether oxygens (including phenoxy) is 1. The molecule has 1 unspecified atom stereocenters. The van der Waals surface area contributed by atoms with Crippen molar-refractivity contribution in [2.75, 3.05) is 18.5 Å². The summed E-state index contributed by atoms with van der Waals surface area (Å²) >= 11 is 1.69. The van der Waals surface area contributed by atoms with E-state index < -0.39 is 0 Å². The number of carbonyl (C=O) groups is 1. The molecule has 5 heteroatoms. The first kappa shape index (κ1) is 15.3. The Labute approximate surface area is 144 Å². The van der Waals surface area contributed by atoms with Gasteiger partial charge in [0.1, 0.15) is 5.01 Å². The van der Waals surface area contributed by atoms with E-state index in [2.05, 4.69) is 30.4 Å². The van der Waals surface area contributed by atoms with Gasteiger partial charge >= 0.3 is 0 Å². The van der Waals surface area contributed by atoms with E-state index in [1.54, 1.807) is 11.3 Å². The lowest BCUT2D eigenvalue weighted by atomic mass is 10.1. The van der Waals surface area contributed by atoms with Gasteiger partial charge in [0.2, 0.25) is 5.91 Å². The lowest BCUT2D eigenvalue weighted by molar-refractivity contribution is -0.119. The standard InChI is InChI=1S/C19H18N2O2S/c1-12-2-7-16-17(10-12)24-19(21-16)13-3-5-15(6-4-13)20-18(22)14-8-9-23-11-14/h2-7,10,14H,8-9,11H2,1H3,(H,20,22). The summed E-state index contributed by atoms with van der Waals surface area (Å²) in [5, 5.41) is 3.96. The molecule has 1 fully saturated rings. The Morgan fingerprint density at radius 2 is 2.08 bits per heavy atom. The molecule has 0 radical (unpaired) electrons. The largest absolute Gasteiger partial charge is 0.381 e. The number of carbonyl (C=O) groups excluding carboxylic acids is 1. The van der Waals surface area contributed by atoms with Crippen LogP contribution in [0.5, 0.6) is 0 Å². The highest BCUT2D eigenvalue weighted by Crippen LogP contribution is 2.31. The number of anilines is 1. The van der Waals surface area contributed by atoms with Crippen molar-refractivity contribution >= 4 is 33.1 Å². The van der Waals surface area contributed by atoms with E-state index in [1.165, 1.54) is 10.3 Å². The molecule has 0 spiro atoms. The van der Waals surface area contributed by atoms with Crippen molar-refractivity contribution in [3.05, 3.63) is 48.0 Å². The Balaban J connectivity index is 1.53. The van der Waals surface area contributed by atoms with Crippen LogP contribution in [0.25, 0.3) is 20.8 Å². The van der Waals surface area contributed by atoms with Gasteiger partial charge in [-0.3, -0.25) is 4.79 Å². The van der Waals surface area contributed by atoms with E-state index in [0.29, 0.717) is 13.2 Å². The second kappa shape index (κ2) is 6.34. The lowest BCUT2D eigenvalue weighted by Crippen LogP contribution is -2.22. The van der Waals surface area contributed by atoms with Crippen LogP contribution in [-0.4, -0.2) is 24.1 Å². The third-order valence-electron chi connectivity index (χ3n) is 4.24. The number of hydrogen-bond donors (Lipinski definition) is 1. The summed E-state index contributed by atoms with van der Waals surface area (Å²) in [4.78, 5) is 16.8. The minimum Gasteiger partial charge on any atom is -0.381 e. The molecule has 3 aromatic rings. The molecule has 1 N–H and O–H groups in total. The predicted octanol–water partition coefficient (Wildman–Crippen LogP) is 4.25. The van der Waals surface area contributed by atoms with Crippen LogP contribution in [0.2, 0.25) is 0 Å². The number of thiazole rings is 1. The zero-order valence-corrected chi connectivity index (χ0v) is 14.2. The quantitative estimate of drug-likeness (QED) is 0.777. The second-order valence-electron chi connectivity index (χ2n) is 6.12. The highest BCUT2D eigenvalue weighted by Gasteiger charge is 2.23. The zero-order valence-electron chi connectivity index (χ0n) is 13.4. The summed E-state index contributed by atoms with van der Waals surface area (Å²) in [7, 11) is 0. The van der Waals surface area contributed by atoms with Crippen molar-refractivity contribution in [2.45, 2.75) is 13.3 Å². The summed E-state index contributed by atoms with van der Waals surface area (Å²) in [5.41, 5.74) is 4.15. The summed E-state index contributed by atoms with van der Waals surface area (Å²) in [6.07, 6.45) is 0.801. The van der Waals surface area contributed by atoms with Gasteiger partial charge in [-0.1, -0.05) is 6.07 Å². The van der Waals surface area contributed by atoms with Gasteiger partial charge in [-0.15, -0.1) is 11.3 Å². The second-order valence-corrected chi connectivity index (χ2v) is 7.15. The summed E-state index contributed by atoms with van der Waals surface area (Å²) in [6, 6.07) is 14.2. The molecule has 0 aliphatic carbocycles. The number of nitrogens with one attached hydrogen (secondary N) is 1. The molecule has 0 saturated carbocycles. The van der Waals surface area contributed by atoms with Gasteiger partial charge in [0.25, 0.3) is 0 Å². The summed E-state index contributed by atoms with van der Waals surface area (Å²) in [5.74, 6) is 0.00731. The molecule has 1 saturated heterocycles. The van der Waals surface area contributed by atoms with Crippen molar-refractivity contribution in [1.29, 1.82) is 0 Å². The third kappa shape index (κ3) is 3.05. The average molecular weight is 338 g/mol. The smallest absolute Gasteiger partial charge is 0.229 e. The van der Waals surface area contributed by atoms with Crippen molar-refractivity contribution in [1.82, 2.24) is 4.98 Å². The minimum atomic E-state index is -0.0304. The van der Waals surface area contributed by atoms with Crippen molar-refractivity contribution in [3.63, 3.8) is 0 Å². The van der Waals surface area contributed by atoms with Gasteiger partial charge in [0.05, 0.1) is 22.7 Å². The summed E-state index contributed by atoms with van der Waals surface area (Å²) < 4.78 is 6.46. The number of aromatic nitrogens is 1. The highest BCUT2D eigenvalue weighted by molar-refractivity contribution is 7.21. The van der Waals surface area contributed by atoms with Crippen molar-refractivity contribution in [3.8, 4) is 10.6 Å². The maximum atomic E-state index is 12.1. The number of aryl methyl sites for hydroxylation is 1. The highest BCUT2D eigenvalue weighted by atomic mass is 32.1. The van der Waals surface area contributed by atoms with Crippen LogP contribution >= 0.6 is 11.3 Å². The van der Waals surface area contributed by atoms with Crippen LogP contribution in [0.1, 0.15) is 12.0 Å². The topological polar surface area (TPSA) is 51.2 Å². The van der Waals surface area contributed by atoms with E-state index in [-0.39, 0.29) is 11.8 Å². The molecule has 4 nitrogen and oxygen atoms in total. The van der Waals surface area contributed by atoms with E-state index in [9.17, 15) is 4.79 Å². The van der Waals surface area contributed by atoms with Crippen LogP contribution in [0.4, 0.5) is 5.69 Å². The van der Waals surface area contributed by atoms with Crippen LogP contribution in [0, 0.1) is 12.8 Å². The molecule has 24 heavy (non-hydrogen) atoms. The Hall–Kier alpha value is -2.24. The number of fused-ring (bicyclic) bond motifs is 1. The van der Waals surface area contributed by atoms with Gasteiger partial charge in [0.15, 0.2) is 0 Å². The molecular formula is C19H18N2O2S. The van der Waals surface area contributed by atoms with Crippen LogP contribution < -0.4 is 5.32 Å². The minimum absolute atomic E-state index is 0.0304. The van der Waals surface area contributed by atoms with Gasteiger partial charge in [-0.2, -0.15) is 0 Å². The molecule has 1 atom stereocenters. The summed E-state index contributed by atoms with van der Waals surface area (Å²) in [6.45, 7) is 3.29. The van der Waals surface area contributed by atoms with E-state index >= 15 is 0 Å². The third-order valence-corrected chi connectivity index (χ3v) is 5.31. The maximum Gasteiger partial charge on any atom is 0.229 e. The first-order valence-electron chi connectivity index (χ1n) is 8.05. The molecule has 122 valence electrons. The van der Waals surface area contributed by atoms with Gasteiger partial charge in [-0.05, 0) is 55.3 Å². The maximum absolute atomic E-state index is 12.1. The zero-order chi connectivity index (χ0) is 16.5. The monoisotopic (exact) mass is 338 g/mol. The molecule has 1 aromatic heterocycles. The van der Waals surface area contributed by atoms with E-state index in [4.69, 9.17) is 9.72 Å².